The highest BCUT2D eigenvalue weighted by Gasteiger charge is 2.15. The third kappa shape index (κ3) is 4.69. The van der Waals surface area contributed by atoms with Gasteiger partial charge in [0.2, 0.25) is 0 Å². The topological polar surface area (TPSA) is 54.4 Å². The average Bonchev–Trinajstić information content (AvgIpc) is 2.29. The third-order valence-corrected chi connectivity index (χ3v) is 4.33. The number of carbonyl (C=O) groups is 1. The number of aliphatic carboxylic acids is 1. The van der Waals surface area contributed by atoms with E-state index < -0.39 is 16.8 Å². The first kappa shape index (κ1) is 13.9. The van der Waals surface area contributed by atoms with Crippen LogP contribution in [0.3, 0.4) is 0 Å². The Balaban J connectivity index is 2.58. The lowest BCUT2D eigenvalue weighted by Crippen LogP contribution is -2.17. The summed E-state index contributed by atoms with van der Waals surface area (Å²) in [4.78, 5) is 10.5. The molecular formula is C13H18O3S. The summed E-state index contributed by atoms with van der Waals surface area (Å²) in [5, 5.41) is 8.33. The highest BCUT2D eigenvalue weighted by atomic mass is 32.2. The molecule has 2 atom stereocenters. The summed E-state index contributed by atoms with van der Waals surface area (Å²) in [6.45, 7) is 3.80. The number of aryl methyl sites for hydroxylation is 1. The number of hydrogen-bond acceptors (Lipinski definition) is 2. The number of rotatable bonds is 6. The van der Waals surface area contributed by atoms with Crippen LogP contribution in [0.2, 0.25) is 0 Å². The Hall–Kier alpha value is -1.16. The van der Waals surface area contributed by atoms with E-state index >= 15 is 0 Å². The van der Waals surface area contributed by atoms with Crippen molar-refractivity contribution in [3.05, 3.63) is 35.4 Å². The smallest absolute Gasteiger partial charge is 0.304 e. The summed E-state index contributed by atoms with van der Waals surface area (Å²) in [6, 6.07) is 7.97. The molecule has 1 aromatic rings. The van der Waals surface area contributed by atoms with Crippen LogP contribution in [0.5, 0.6) is 0 Å². The van der Waals surface area contributed by atoms with Gasteiger partial charge in [0.15, 0.2) is 0 Å². The first-order valence-electron chi connectivity index (χ1n) is 5.69. The van der Waals surface area contributed by atoms with Gasteiger partial charge >= 0.3 is 5.97 Å². The van der Waals surface area contributed by atoms with Gasteiger partial charge in [0.25, 0.3) is 0 Å². The second kappa shape index (κ2) is 6.55. The minimum absolute atomic E-state index is 0.0420. The van der Waals surface area contributed by atoms with Gasteiger partial charge in [0, 0.05) is 21.8 Å². The van der Waals surface area contributed by atoms with Crippen molar-refractivity contribution in [2.45, 2.75) is 37.7 Å². The molecule has 0 heterocycles. The Morgan fingerprint density at radius 1 is 1.29 bits per heavy atom. The van der Waals surface area contributed by atoms with Crippen LogP contribution >= 0.6 is 0 Å². The highest BCUT2D eigenvalue weighted by molar-refractivity contribution is 7.84. The molecule has 1 N–H and O–H groups in total. The van der Waals surface area contributed by atoms with Crippen LogP contribution in [-0.4, -0.2) is 20.5 Å². The lowest BCUT2D eigenvalue weighted by molar-refractivity contribution is -0.136. The van der Waals surface area contributed by atoms with Gasteiger partial charge in [-0.25, -0.2) is 0 Å². The fourth-order valence-electron chi connectivity index (χ4n) is 1.52. The quantitative estimate of drug-likeness (QED) is 0.848. The Morgan fingerprint density at radius 2 is 1.82 bits per heavy atom. The van der Waals surface area contributed by atoms with E-state index in [1.807, 2.05) is 24.3 Å². The Kier molecular flexibility index (Phi) is 5.35. The largest absolute Gasteiger partial charge is 0.481 e. The molecule has 1 aromatic carbocycles. The van der Waals surface area contributed by atoms with Crippen LogP contribution in [0.25, 0.3) is 0 Å². The van der Waals surface area contributed by atoms with Crippen molar-refractivity contribution < 1.29 is 14.1 Å². The molecular weight excluding hydrogens is 236 g/mol. The lowest BCUT2D eigenvalue weighted by atomic mass is 10.1. The van der Waals surface area contributed by atoms with Crippen LogP contribution in [0.15, 0.2) is 24.3 Å². The zero-order chi connectivity index (χ0) is 12.8. The first-order chi connectivity index (χ1) is 8.02. The zero-order valence-electron chi connectivity index (χ0n) is 10.2. The molecule has 94 valence electrons. The van der Waals surface area contributed by atoms with Gasteiger partial charge in [-0.05, 0) is 17.5 Å². The molecule has 0 aliphatic heterocycles. The van der Waals surface area contributed by atoms with Gasteiger partial charge < -0.3 is 5.11 Å². The second-order valence-electron chi connectivity index (χ2n) is 4.10. The molecule has 0 aliphatic carbocycles. The van der Waals surface area contributed by atoms with Crippen molar-refractivity contribution in [3.63, 3.8) is 0 Å². The monoisotopic (exact) mass is 254 g/mol. The number of hydrogen-bond donors (Lipinski definition) is 1. The number of carboxylic acid groups (broad SMARTS) is 1. The molecule has 3 nitrogen and oxygen atoms in total. The van der Waals surface area contributed by atoms with E-state index in [1.54, 1.807) is 6.92 Å². The van der Waals surface area contributed by atoms with Crippen molar-refractivity contribution in [2.75, 3.05) is 0 Å². The summed E-state index contributed by atoms with van der Waals surface area (Å²) >= 11 is 0. The summed E-state index contributed by atoms with van der Waals surface area (Å²) in [6.07, 6.45) is 0.943. The van der Waals surface area contributed by atoms with Gasteiger partial charge in [-0.2, -0.15) is 0 Å². The van der Waals surface area contributed by atoms with Gasteiger partial charge in [0.1, 0.15) is 0 Å². The molecule has 1 rings (SSSR count). The molecule has 2 unspecified atom stereocenters. The van der Waals surface area contributed by atoms with E-state index in [1.165, 1.54) is 5.56 Å². The maximum absolute atomic E-state index is 11.9. The molecule has 0 aliphatic rings. The molecule has 0 fully saturated rings. The first-order valence-corrected chi connectivity index (χ1v) is 7.08. The Bertz CT molecular complexity index is 398. The van der Waals surface area contributed by atoms with Crippen LogP contribution in [0.1, 0.15) is 31.4 Å². The molecule has 4 heteroatoms. The van der Waals surface area contributed by atoms with Gasteiger partial charge in [-0.3, -0.25) is 9.00 Å². The normalized spacial score (nSPS) is 14.2. The minimum Gasteiger partial charge on any atom is -0.481 e. The summed E-state index contributed by atoms with van der Waals surface area (Å²) in [5.74, 6) is -0.467. The standard InChI is InChI=1S/C13H18O3S/c1-3-11-4-6-12(7-5-11)9-17(16)10(2)8-13(14)15/h4-7,10H,3,8-9H2,1-2H3,(H,14,15). The maximum atomic E-state index is 11.9. The van der Waals surface area contributed by atoms with Crippen molar-refractivity contribution in [1.29, 1.82) is 0 Å². The van der Waals surface area contributed by atoms with E-state index in [-0.39, 0.29) is 11.7 Å². The summed E-state index contributed by atoms with van der Waals surface area (Å²) < 4.78 is 11.9. The third-order valence-electron chi connectivity index (χ3n) is 2.65. The fraction of sp³-hybridized carbons (Fsp3) is 0.462. The minimum atomic E-state index is -1.13. The maximum Gasteiger partial charge on any atom is 0.304 e. The lowest BCUT2D eigenvalue weighted by Gasteiger charge is -2.09. The highest BCUT2D eigenvalue weighted by Crippen LogP contribution is 2.11. The van der Waals surface area contributed by atoms with Crippen molar-refractivity contribution in [2.24, 2.45) is 0 Å². The van der Waals surface area contributed by atoms with E-state index in [4.69, 9.17) is 5.11 Å². The molecule has 0 amide bonds. The molecule has 0 bridgehead atoms. The van der Waals surface area contributed by atoms with Crippen LogP contribution in [0, 0.1) is 0 Å². The van der Waals surface area contributed by atoms with Crippen LogP contribution in [0.4, 0.5) is 0 Å². The van der Waals surface area contributed by atoms with Gasteiger partial charge in [-0.1, -0.05) is 38.1 Å². The predicted octanol–water partition coefficient (Wildman–Crippen LogP) is 2.36. The van der Waals surface area contributed by atoms with E-state index in [0.717, 1.165) is 12.0 Å². The number of carboxylic acids is 1. The van der Waals surface area contributed by atoms with Crippen LogP contribution < -0.4 is 0 Å². The molecule has 17 heavy (non-hydrogen) atoms. The number of benzene rings is 1. The summed E-state index contributed by atoms with van der Waals surface area (Å²) in [7, 11) is -1.13. The molecule has 0 radical (unpaired) electrons. The molecule has 0 spiro atoms. The zero-order valence-corrected chi connectivity index (χ0v) is 11.0. The van der Waals surface area contributed by atoms with Crippen molar-refractivity contribution >= 4 is 16.8 Å². The summed E-state index contributed by atoms with van der Waals surface area (Å²) in [5.41, 5.74) is 2.25. The Morgan fingerprint density at radius 3 is 2.29 bits per heavy atom. The predicted molar refractivity (Wildman–Crippen MR) is 69.4 cm³/mol. The fourth-order valence-corrected chi connectivity index (χ4v) is 2.65. The van der Waals surface area contributed by atoms with Crippen molar-refractivity contribution in [3.8, 4) is 0 Å². The molecule has 0 aromatic heterocycles. The van der Waals surface area contributed by atoms with E-state index in [0.29, 0.717) is 5.75 Å². The van der Waals surface area contributed by atoms with E-state index in [9.17, 15) is 9.00 Å². The SMILES string of the molecule is CCc1ccc(CS(=O)C(C)CC(=O)O)cc1. The van der Waals surface area contributed by atoms with Crippen LogP contribution in [-0.2, 0) is 27.8 Å². The molecule has 0 saturated heterocycles. The average molecular weight is 254 g/mol. The van der Waals surface area contributed by atoms with Gasteiger partial charge in [-0.15, -0.1) is 0 Å². The van der Waals surface area contributed by atoms with Crippen molar-refractivity contribution in [1.82, 2.24) is 0 Å². The van der Waals surface area contributed by atoms with Gasteiger partial charge in [0.05, 0.1) is 6.42 Å². The second-order valence-corrected chi connectivity index (χ2v) is 5.96. The Labute approximate surface area is 104 Å². The molecule has 0 saturated carbocycles. The van der Waals surface area contributed by atoms with E-state index in [2.05, 4.69) is 6.92 Å².